The zero-order chi connectivity index (χ0) is 16.9. The minimum absolute atomic E-state index is 0.0220. The second kappa shape index (κ2) is 12.2. The summed E-state index contributed by atoms with van der Waals surface area (Å²) in [5.74, 6) is 0.706. The third-order valence-electron chi connectivity index (χ3n) is 4.15. The fraction of sp³-hybridized carbons (Fsp3) is 0.882. The summed E-state index contributed by atoms with van der Waals surface area (Å²) < 4.78 is 0. The number of hydrogen-bond acceptors (Lipinski definition) is 3. The second-order valence-corrected chi connectivity index (χ2v) is 6.21. The molecule has 1 amide bonds. The molecule has 0 aromatic heterocycles. The van der Waals surface area contributed by atoms with Crippen LogP contribution in [0.5, 0.6) is 0 Å². The summed E-state index contributed by atoms with van der Waals surface area (Å²) in [6.07, 6.45) is 6.06. The molecule has 0 saturated carbocycles. The number of rotatable bonds is 9. The summed E-state index contributed by atoms with van der Waals surface area (Å²) in [5, 5.41) is 9.34. The highest BCUT2D eigenvalue weighted by atomic mass is 16.1. The van der Waals surface area contributed by atoms with Gasteiger partial charge in [-0.3, -0.25) is 4.79 Å². The van der Waals surface area contributed by atoms with Gasteiger partial charge in [-0.1, -0.05) is 13.3 Å². The summed E-state index contributed by atoms with van der Waals surface area (Å²) in [6.45, 7) is 11.3. The highest BCUT2D eigenvalue weighted by Crippen LogP contribution is 2.15. The Hall–Kier alpha value is -1.30. The molecule has 1 atom stereocenters. The largest absolute Gasteiger partial charge is 0.357 e. The second-order valence-electron chi connectivity index (χ2n) is 6.21. The number of nitrogens with one attached hydrogen (secondary N) is 3. The van der Waals surface area contributed by atoms with E-state index in [2.05, 4.69) is 32.8 Å². The summed E-state index contributed by atoms with van der Waals surface area (Å²) in [7, 11) is 0. The number of carbonyl (C=O) groups excluding carboxylic acids is 1. The smallest absolute Gasteiger partial charge is 0.241 e. The average molecular weight is 326 g/mol. The lowest BCUT2D eigenvalue weighted by atomic mass is 10.0. The monoisotopic (exact) mass is 325 g/mol. The van der Waals surface area contributed by atoms with E-state index in [4.69, 9.17) is 0 Å². The number of hydrogen-bond donors (Lipinski definition) is 3. The molecule has 0 aliphatic carbocycles. The third-order valence-corrected chi connectivity index (χ3v) is 4.15. The quantitative estimate of drug-likeness (QED) is 0.340. The highest BCUT2D eigenvalue weighted by Gasteiger charge is 2.17. The lowest BCUT2D eigenvalue weighted by molar-refractivity contribution is -0.119. The number of nitrogens with zero attached hydrogens (tertiary/aromatic N) is 2. The van der Waals surface area contributed by atoms with Crippen LogP contribution < -0.4 is 16.0 Å². The fourth-order valence-corrected chi connectivity index (χ4v) is 2.79. The molecule has 1 rings (SSSR count). The molecule has 1 saturated heterocycles. The summed E-state index contributed by atoms with van der Waals surface area (Å²) in [6, 6.07) is 0.716. The van der Waals surface area contributed by atoms with Crippen molar-refractivity contribution in [3.63, 3.8) is 0 Å². The molecule has 3 N–H and O–H groups in total. The first-order valence-corrected chi connectivity index (χ1v) is 9.20. The summed E-state index contributed by atoms with van der Waals surface area (Å²) in [4.78, 5) is 18.5. The van der Waals surface area contributed by atoms with E-state index < -0.39 is 0 Å². The molecule has 0 bridgehead atoms. The number of guanidine groups is 1. The average Bonchev–Trinajstić information content (AvgIpc) is 2.55. The molecule has 1 fully saturated rings. The molecular weight excluding hydrogens is 290 g/mol. The van der Waals surface area contributed by atoms with E-state index in [1.807, 2.05) is 13.8 Å². The Labute approximate surface area is 141 Å². The van der Waals surface area contributed by atoms with Crippen molar-refractivity contribution in [3.8, 4) is 0 Å². The van der Waals surface area contributed by atoms with Gasteiger partial charge in [-0.25, -0.2) is 4.99 Å². The molecule has 0 aromatic rings. The van der Waals surface area contributed by atoms with Crippen LogP contribution in [0.25, 0.3) is 0 Å². The molecule has 134 valence electrons. The lowest BCUT2D eigenvalue weighted by Crippen LogP contribution is -2.41. The van der Waals surface area contributed by atoms with Gasteiger partial charge in [0.2, 0.25) is 5.91 Å². The molecule has 0 spiro atoms. The Kier molecular flexibility index (Phi) is 10.4. The van der Waals surface area contributed by atoms with Gasteiger partial charge < -0.3 is 20.9 Å². The van der Waals surface area contributed by atoms with Crippen LogP contribution in [0.15, 0.2) is 4.99 Å². The van der Waals surface area contributed by atoms with Gasteiger partial charge in [0.05, 0.1) is 0 Å². The van der Waals surface area contributed by atoms with Crippen molar-refractivity contribution in [1.82, 2.24) is 20.9 Å². The van der Waals surface area contributed by atoms with Gasteiger partial charge in [-0.15, -0.1) is 0 Å². The Morgan fingerprint density at radius 1 is 1.17 bits per heavy atom. The first-order valence-electron chi connectivity index (χ1n) is 9.20. The van der Waals surface area contributed by atoms with Crippen molar-refractivity contribution in [2.45, 2.75) is 58.9 Å². The van der Waals surface area contributed by atoms with Crippen LogP contribution in [0.4, 0.5) is 0 Å². The highest BCUT2D eigenvalue weighted by molar-refractivity contribution is 5.84. The van der Waals surface area contributed by atoms with E-state index >= 15 is 0 Å². The fourth-order valence-electron chi connectivity index (χ4n) is 2.79. The van der Waals surface area contributed by atoms with Crippen LogP contribution in [0.2, 0.25) is 0 Å². The summed E-state index contributed by atoms with van der Waals surface area (Å²) in [5.41, 5.74) is 0. The molecule has 1 aliphatic rings. The Balaban J connectivity index is 2.25. The molecule has 6 nitrogen and oxygen atoms in total. The predicted octanol–water partition coefficient (Wildman–Crippen LogP) is 1.33. The Bertz CT molecular complexity index is 359. The van der Waals surface area contributed by atoms with Gasteiger partial charge in [0, 0.05) is 32.2 Å². The van der Waals surface area contributed by atoms with Crippen LogP contribution >= 0.6 is 0 Å². The van der Waals surface area contributed by atoms with Gasteiger partial charge in [0.1, 0.15) is 6.54 Å². The van der Waals surface area contributed by atoms with Gasteiger partial charge in [0.25, 0.3) is 0 Å². The molecule has 0 aromatic carbocycles. The van der Waals surface area contributed by atoms with E-state index in [1.165, 1.54) is 25.8 Å². The Morgan fingerprint density at radius 2 is 2.00 bits per heavy atom. The van der Waals surface area contributed by atoms with Crippen molar-refractivity contribution in [3.05, 3.63) is 0 Å². The van der Waals surface area contributed by atoms with Crippen LogP contribution in [0, 0.1) is 0 Å². The van der Waals surface area contributed by atoms with E-state index in [0.717, 1.165) is 38.4 Å². The van der Waals surface area contributed by atoms with E-state index in [0.29, 0.717) is 12.6 Å². The van der Waals surface area contributed by atoms with E-state index in [-0.39, 0.29) is 12.5 Å². The molecule has 1 aliphatic heterocycles. The van der Waals surface area contributed by atoms with Gasteiger partial charge >= 0.3 is 0 Å². The molecule has 1 heterocycles. The SMILES string of the molecule is CCCNC(=O)CN=C(NCC)NCCCN1CCCCC1C. The summed E-state index contributed by atoms with van der Waals surface area (Å²) >= 11 is 0. The minimum atomic E-state index is -0.0220. The standard InChI is InChI=1S/C17H35N5O/c1-4-10-19-16(23)14-21-17(18-5-2)20-11-8-13-22-12-7-6-9-15(22)3/h15H,4-14H2,1-3H3,(H,19,23)(H2,18,20,21). The normalized spacial score (nSPS) is 19.4. The Morgan fingerprint density at radius 3 is 2.70 bits per heavy atom. The molecule has 6 heteroatoms. The first kappa shape index (κ1) is 19.7. The maximum absolute atomic E-state index is 11.6. The van der Waals surface area contributed by atoms with E-state index in [1.54, 1.807) is 0 Å². The molecule has 23 heavy (non-hydrogen) atoms. The van der Waals surface area contributed by atoms with Crippen LogP contribution in [0.1, 0.15) is 52.9 Å². The van der Waals surface area contributed by atoms with Gasteiger partial charge in [0.15, 0.2) is 5.96 Å². The van der Waals surface area contributed by atoms with Gasteiger partial charge in [-0.2, -0.15) is 0 Å². The van der Waals surface area contributed by atoms with Gasteiger partial charge in [-0.05, 0) is 46.1 Å². The number of carbonyl (C=O) groups is 1. The number of aliphatic imine (C=N–C) groups is 1. The van der Waals surface area contributed by atoms with Crippen molar-refractivity contribution in [1.29, 1.82) is 0 Å². The van der Waals surface area contributed by atoms with Crippen molar-refractivity contribution in [2.75, 3.05) is 39.3 Å². The number of piperidine rings is 1. The van der Waals surface area contributed by atoms with Crippen molar-refractivity contribution < 1.29 is 4.79 Å². The first-order chi connectivity index (χ1) is 11.2. The van der Waals surface area contributed by atoms with Crippen LogP contribution in [0.3, 0.4) is 0 Å². The number of likely N-dealkylation sites (tertiary alicyclic amines) is 1. The van der Waals surface area contributed by atoms with E-state index in [9.17, 15) is 4.79 Å². The molecular formula is C17H35N5O. The molecule has 1 unspecified atom stereocenters. The number of amides is 1. The maximum atomic E-state index is 11.6. The lowest BCUT2D eigenvalue weighted by Gasteiger charge is -2.33. The topological polar surface area (TPSA) is 68.8 Å². The van der Waals surface area contributed by atoms with Crippen molar-refractivity contribution >= 4 is 11.9 Å². The van der Waals surface area contributed by atoms with Crippen molar-refractivity contribution in [2.24, 2.45) is 4.99 Å². The molecule has 0 radical (unpaired) electrons. The predicted molar refractivity (Wildman–Crippen MR) is 96.8 cm³/mol. The zero-order valence-electron chi connectivity index (χ0n) is 15.2. The maximum Gasteiger partial charge on any atom is 0.241 e. The zero-order valence-corrected chi connectivity index (χ0v) is 15.2. The van der Waals surface area contributed by atoms with Crippen LogP contribution in [-0.2, 0) is 4.79 Å². The third kappa shape index (κ3) is 8.79. The minimum Gasteiger partial charge on any atom is -0.357 e. The van der Waals surface area contributed by atoms with Crippen LogP contribution in [-0.4, -0.2) is 62.1 Å².